The van der Waals surface area contributed by atoms with Crippen molar-refractivity contribution in [2.24, 2.45) is 0 Å². The number of anilines is 2. The van der Waals surface area contributed by atoms with Crippen molar-refractivity contribution in [3.05, 3.63) is 41.2 Å². The molecular weight excluding hydrogens is 326 g/mol. The number of nitrogens with one attached hydrogen (secondary N) is 2. The highest BCUT2D eigenvalue weighted by molar-refractivity contribution is 6.34. The van der Waals surface area contributed by atoms with Crippen LogP contribution in [0.3, 0.4) is 0 Å². The molecule has 7 heteroatoms. The number of rotatable bonds is 3. The number of amides is 2. The molecule has 0 radical (unpaired) electrons. The third-order valence-corrected chi connectivity index (χ3v) is 4.65. The zero-order valence-corrected chi connectivity index (χ0v) is 14.7. The molecule has 0 saturated carbocycles. The Balaban J connectivity index is 1.82. The quantitative estimate of drug-likeness (QED) is 0.885. The summed E-state index contributed by atoms with van der Waals surface area (Å²) in [7, 11) is 3.82. The van der Waals surface area contributed by atoms with E-state index in [-0.39, 0.29) is 12.1 Å². The molecule has 1 aliphatic heterocycles. The van der Waals surface area contributed by atoms with Crippen molar-refractivity contribution in [3.63, 3.8) is 0 Å². The van der Waals surface area contributed by atoms with Crippen LogP contribution >= 0.6 is 11.6 Å². The number of nitrogens with zero attached hydrogens (tertiary/aromatic N) is 3. The van der Waals surface area contributed by atoms with Gasteiger partial charge in [-0.25, -0.2) is 4.79 Å². The number of para-hydroxylation sites is 1. The van der Waals surface area contributed by atoms with Gasteiger partial charge in [-0.15, -0.1) is 0 Å². The Labute approximate surface area is 146 Å². The SMILES string of the molecule is CN(C)c1c(Cl)cccc1NC(=O)N1CCCC[C@@H]1c1cn[nH]c1. The molecule has 128 valence electrons. The van der Waals surface area contributed by atoms with E-state index in [2.05, 4.69) is 15.5 Å². The van der Waals surface area contributed by atoms with Crippen LogP contribution in [-0.4, -0.2) is 41.8 Å². The topological polar surface area (TPSA) is 64.3 Å². The molecule has 1 fully saturated rings. The van der Waals surface area contributed by atoms with Crippen molar-refractivity contribution in [2.45, 2.75) is 25.3 Å². The zero-order chi connectivity index (χ0) is 17.1. The monoisotopic (exact) mass is 347 g/mol. The van der Waals surface area contributed by atoms with Crippen LogP contribution in [0.4, 0.5) is 16.2 Å². The molecule has 0 aliphatic carbocycles. The van der Waals surface area contributed by atoms with Gasteiger partial charge in [0.25, 0.3) is 0 Å². The predicted octanol–water partition coefficient (Wildman–Crippen LogP) is 3.89. The second-order valence-corrected chi connectivity index (χ2v) is 6.60. The number of carbonyl (C=O) groups is 1. The second-order valence-electron chi connectivity index (χ2n) is 6.20. The van der Waals surface area contributed by atoms with Gasteiger partial charge in [-0.1, -0.05) is 17.7 Å². The normalized spacial score (nSPS) is 17.6. The molecule has 0 unspecified atom stereocenters. The van der Waals surface area contributed by atoms with E-state index >= 15 is 0 Å². The number of hydrogen-bond donors (Lipinski definition) is 2. The third kappa shape index (κ3) is 3.33. The van der Waals surface area contributed by atoms with Crippen molar-refractivity contribution in [3.8, 4) is 0 Å². The highest BCUT2D eigenvalue weighted by Crippen LogP contribution is 2.34. The summed E-state index contributed by atoms with van der Waals surface area (Å²) in [6, 6.07) is 5.48. The lowest BCUT2D eigenvalue weighted by Crippen LogP contribution is -2.41. The molecule has 0 bridgehead atoms. The van der Waals surface area contributed by atoms with Gasteiger partial charge in [-0.2, -0.15) is 5.10 Å². The van der Waals surface area contributed by atoms with Gasteiger partial charge < -0.3 is 15.1 Å². The number of carbonyl (C=O) groups excluding carboxylic acids is 1. The van der Waals surface area contributed by atoms with Crippen LogP contribution in [0, 0.1) is 0 Å². The van der Waals surface area contributed by atoms with Crippen LogP contribution in [0.15, 0.2) is 30.6 Å². The van der Waals surface area contributed by atoms with E-state index in [9.17, 15) is 4.79 Å². The molecular formula is C17H22ClN5O. The first-order valence-electron chi connectivity index (χ1n) is 8.10. The molecule has 2 amide bonds. The van der Waals surface area contributed by atoms with E-state index in [1.807, 2.05) is 48.3 Å². The summed E-state index contributed by atoms with van der Waals surface area (Å²) in [6.45, 7) is 0.736. The fourth-order valence-corrected chi connectivity index (χ4v) is 3.57. The Hall–Kier alpha value is -2.21. The van der Waals surface area contributed by atoms with Crippen LogP contribution in [-0.2, 0) is 0 Å². The number of H-pyrrole nitrogens is 1. The maximum atomic E-state index is 12.9. The fourth-order valence-electron chi connectivity index (χ4n) is 3.22. The number of hydrogen-bond acceptors (Lipinski definition) is 3. The molecule has 0 spiro atoms. The van der Waals surface area contributed by atoms with Gasteiger partial charge in [0.1, 0.15) is 0 Å². The molecule has 1 saturated heterocycles. The number of aromatic nitrogens is 2. The number of likely N-dealkylation sites (tertiary alicyclic amines) is 1. The smallest absolute Gasteiger partial charge is 0.322 e. The highest BCUT2D eigenvalue weighted by Gasteiger charge is 2.29. The average molecular weight is 348 g/mol. The van der Waals surface area contributed by atoms with Crippen LogP contribution in [0.1, 0.15) is 30.9 Å². The minimum absolute atomic E-state index is 0.0551. The van der Waals surface area contributed by atoms with Gasteiger partial charge in [0.05, 0.1) is 28.6 Å². The van der Waals surface area contributed by atoms with Crippen LogP contribution < -0.4 is 10.2 Å². The van der Waals surface area contributed by atoms with Gasteiger partial charge in [0.15, 0.2) is 0 Å². The minimum atomic E-state index is -0.105. The van der Waals surface area contributed by atoms with E-state index in [4.69, 9.17) is 11.6 Å². The van der Waals surface area contributed by atoms with Crippen LogP contribution in [0.25, 0.3) is 0 Å². The standard InChI is InChI=1S/C17H22ClN5O/c1-22(2)16-13(18)6-5-7-14(16)21-17(24)23-9-4-3-8-15(23)12-10-19-20-11-12/h5-7,10-11,15H,3-4,8-9H2,1-2H3,(H,19,20)(H,21,24)/t15-/m1/s1. The third-order valence-electron chi connectivity index (χ3n) is 4.34. The Morgan fingerprint density at radius 1 is 1.42 bits per heavy atom. The van der Waals surface area contributed by atoms with E-state index < -0.39 is 0 Å². The second kappa shape index (κ2) is 7.13. The molecule has 24 heavy (non-hydrogen) atoms. The first kappa shape index (κ1) is 16.6. The Morgan fingerprint density at radius 3 is 2.96 bits per heavy atom. The van der Waals surface area contributed by atoms with Crippen molar-refractivity contribution in [1.82, 2.24) is 15.1 Å². The number of piperidine rings is 1. The van der Waals surface area contributed by atoms with E-state index in [0.29, 0.717) is 10.7 Å². The molecule has 2 aromatic rings. The first-order chi connectivity index (χ1) is 11.6. The van der Waals surface area contributed by atoms with Gasteiger partial charge in [-0.05, 0) is 31.4 Å². The minimum Gasteiger partial charge on any atom is -0.375 e. The zero-order valence-electron chi connectivity index (χ0n) is 13.9. The highest BCUT2D eigenvalue weighted by atomic mass is 35.5. The van der Waals surface area contributed by atoms with Gasteiger partial charge >= 0.3 is 6.03 Å². The van der Waals surface area contributed by atoms with Crippen LogP contribution in [0.2, 0.25) is 5.02 Å². The van der Waals surface area contributed by atoms with Gasteiger partial charge in [0.2, 0.25) is 0 Å². The molecule has 1 aromatic carbocycles. The van der Waals surface area contributed by atoms with E-state index in [1.165, 1.54) is 0 Å². The summed E-state index contributed by atoms with van der Waals surface area (Å²) in [5.74, 6) is 0. The molecule has 1 aliphatic rings. The molecule has 2 heterocycles. The maximum absolute atomic E-state index is 12.9. The van der Waals surface area contributed by atoms with Gasteiger partial charge in [-0.3, -0.25) is 5.10 Å². The number of benzene rings is 1. The summed E-state index contributed by atoms with van der Waals surface area (Å²) in [5.41, 5.74) is 2.57. The Kier molecular flexibility index (Phi) is 4.94. The molecule has 3 rings (SSSR count). The van der Waals surface area contributed by atoms with Crippen molar-refractivity contribution >= 4 is 29.0 Å². The summed E-state index contributed by atoms with van der Waals surface area (Å²) in [6.07, 6.45) is 6.72. The Morgan fingerprint density at radius 2 is 2.25 bits per heavy atom. The summed E-state index contributed by atoms with van der Waals surface area (Å²) in [5, 5.41) is 10.5. The van der Waals surface area contributed by atoms with Crippen LogP contribution in [0.5, 0.6) is 0 Å². The van der Waals surface area contributed by atoms with E-state index in [0.717, 1.165) is 37.1 Å². The summed E-state index contributed by atoms with van der Waals surface area (Å²) in [4.78, 5) is 16.7. The predicted molar refractivity (Wildman–Crippen MR) is 96.7 cm³/mol. The lowest BCUT2D eigenvalue weighted by molar-refractivity contribution is 0.163. The largest absolute Gasteiger partial charge is 0.375 e. The van der Waals surface area contributed by atoms with Crippen molar-refractivity contribution < 1.29 is 4.79 Å². The maximum Gasteiger partial charge on any atom is 0.322 e. The molecule has 1 aromatic heterocycles. The van der Waals surface area contributed by atoms with E-state index in [1.54, 1.807) is 6.20 Å². The first-order valence-corrected chi connectivity index (χ1v) is 8.48. The number of urea groups is 1. The summed E-state index contributed by atoms with van der Waals surface area (Å²) >= 11 is 6.28. The lowest BCUT2D eigenvalue weighted by atomic mass is 9.98. The summed E-state index contributed by atoms with van der Waals surface area (Å²) < 4.78 is 0. The van der Waals surface area contributed by atoms with Crippen molar-refractivity contribution in [1.29, 1.82) is 0 Å². The molecule has 6 nitrogen and oxygen atoms in total. The molecule has 2 N–H and O–H groups in total. The Bertz CT molecular complexity index is 701. The fraction of sp³-hybridized carbons (Fsp3) is 0.412. The van der Waals surface area contributed by atoms with Gasteiger partial charge in [0, 0.05) is 32.4 Å². The number of halogens is 1. The lowest BCUT2D eigenvalue weighted by Gasteiger charge is -2.35. The molecule has 1 atom stereocenters. The number of aromatic amines is 1. The average Bonchev–Trinajstić information content (AvgIpc) is 3.09. The van der Waals surface area contributed by atoms with Crippen molar-refractivity contribution in [2.75, 3.05) is 30.9 Å².